The number of carbonyl (C=O) groups excluding carboxylic acids is 1. The molecule has 9 heteroatoms. The summed E-state index contributed by atoms with van der Waals surface area (Å²) >= 11 is 7.76. The second-order valence-corrected chi connectivity index (χ2v) is 10.2. The highest BCUT2D eigenvalue weighted by Crippen LogP contribution is 2.43. The van der Waals surface area contributed by atoms with Gasteiger partial charge < -0.3 is 15.2 Å². The van der Waals surface area contributed by atoms with Gasteiger partial charge in [-0.15, -0.1) is 0 Å². The molecule has 0 radical (unpaired) electrons. The van der Waals surface area contributed by atoms with Gasteiger partial charge in [-0.25, -0.2) is 4.98 Å². The number of aliphatic hydroxyl groups is 1. The Kier molecular flexibility index (Phi) is 7.15. The van der Waals surface area contributed by atoms with Crippen LogP contribution in [0.25, 0.3) is 11.4 Å². The minimum atomic E-state index is -0.159. The van der Waals surface area contributed by atoms with Gasteiger partial charge >= 0.3 is 0 Å². The number of pyridine rings is 1. The first kappa shape index (κ1) is 25.2. The number of aliphatic hydroxyl groups excluding tert-OH is 1. The molecular formula is C28H25ClN4O3S. The molecule has 37 heavy (non-hydrogen) atoms. The lowest BCUT2D eigenvalue weighted by Gasteiger charge is -2.24. The molecule has 1 aliphatic heterocycles. The zero-order chi connectivity index (χ0) is 26.1. The minimum Gasteiger partial charge on any atom is -0.436 e. The number of amides is 1. The Morgan fingerprint density at radius 1 is 1.11 bits per heavy atom. The third-order valence-electron chi connectivity index (χ3n) is 6.30. The number of ether oxygens (including phenoxy) is 1. The standard InChI is InChI=1S/C28H25ClN4O3S/c1-15-8-9-19(10-16(15)2)31-24(35)14-37-28-22-11-21-18(13-34)12-30-17(3)25(21)36-27(22)32-26(33-28)20-6-4-5-7-23(20)29/h4-10,12,34H,11,13-14H2,1-3H3,(H,31,35). The van der Waals surface area contributed by atoms with Crippen LogP contribution >= 0.6 is 23.4 Å². The number of thioether (sulfide) groups is 1. The van der Waals surface area contributed by atoms with E-state index in [-0.39, 0.29) is 18.3 Å². The average Bonchev–Trinajstić information content (AvgIpc) is 2.89. The Balaban J connectivity index is 1.49. The number of nitrogens with zero attached hydrogens (tertiary/aromatic N) is 3. The number of carbonyl (C=O) groups is 1. The normalized spacial score (nSPS) is 11.9. The van der Waals surface area contributed by atoms with E-state index in [1.807, 2.05) is 57.2 Å². The number of halogens is 1. The molecule has 188 valence electrons. The molecule has 2 N–H and O–H groups in total. The number of benzene rings is 2. The third-order valence-corrected chi connectivity index (χ3v) is 7.65. The van der Waals surface area contributed by atoms with E-state index in [0.717, 1.165) is 22.4 Å². The summed E-state index contributed by atoms with van der Waals surface area (Å²) in [5, 5.41) is 14.0. The van der Waals surface area contributed by atoms with Crippen molar-refractivity contribution >= 4 is 35.0 Å². The van der Waals surface area contributed by atoms with Crippen molar-refractivity contribution in [2.45, 2.75) is 38.8 Å². The van der Waals surface area contributed by atoms with Gasteiger partial charge in [-0.2, -0.15) is 4.98 Å². The molecule has 1 amide bonds. The van der Waals surface area contributed by atoms with Crippen molar-refractivity contribution in [3.8, 4) is 23.0 Å². The van der Waals surface area contributed by atoms with Gasteiger partial charge in [0.25, 0.3) is 0 Å². The number of nitrogens with one attached hydrogen (secondary N) is 1. The van der Waals surface area contributed by atoms with Crippen LogP contribution in [-0.2, 0) is 17.8 Å². The van der Waals surface area contributed by atoms with Crippen LogP contribution < -0.4 is 10.1 Å². The fourth-order valence-electron chi connectivity index (χ4n) is 4.13. The molecule has 0 aliphatic carbocycles. The topological polar surface area (TPSA) is 97.2 Å². The maximum absolute atomic E-state index is 12.8. The predicted octanol–water partition coefficient (Wildman–Crippen LogP) is 6.04. The van der Waals surface area contributed by atoms with Gasteiger partial charge in [-0.3, -0.25) is 9.78 Å². The van der Waals surface area contributed by atoms with E-state index >= 15 is 0 Å². The molecule has 0 spiro atoms. The van der Waals surface area contributed by atoms with E-state index in [0.29, 0.717) is 50.7 Å². The maximum atomic E-state index is 12.8. The highest BCUT2D eigenvalue weighted by molar-refractivity contribution is 8.00. The van der Waals surface area contributed by atoms with Crippen LogP contribution in [0.2, 0.25) is 5.02 Å². The van der Waals surface area contributed by atoms with Gasteiger partial charge in [0.05, 0.1) is 28.6 Å². The van der Waals surface area contributed by atoms with Crippen molar-refractivity contribution in [1.82, 2.24) is 15.0 Å². The van der Waals surface area contributed by atoms with Crippen LogP contribution in [0.1, 0.15) is 33.5 Å². The van der Waals surface area contributed by atoms with Crippen LogP contribution in [0.15, 0.2) is 53.7 Å². The zero-order valence-electron chi connectivity index (χ0n) is 20.6. The van der Waals surface area contributed by atoms with E-state index in [1.54, 1.807) is 12.3 Å². The molecule has 7 nitrogen and oxygen atoms in total. The smallest absolute Gasteiger partial charge is 0.234 e. The fraction of sp³-hybridized carbons (Fsp3) is 0.214. The van der Waals surface area contributed by atoms with Gasteiger partial charge in [-0.05, 0) is 56.2 Å². The van der Waals surface area contributed by atoms with E-state index in [2.05, 4.69) is 10.3 Å². The van der Waals surface area contributed by atoms with Gasteiger partial charge in [0.15, 0.2) is 11.6 Å². The van der Waals surface area contributed by atoms with E-state index in [9.17, 15) is 9.90 Å². The van der Waals surface area contributed by atoms with Crippen LogP contribution in [0, 0.1) is 20.8 Å². The van der Waals surface area contributed by atoms with Gasteiger partial charge in [0.2, 0.25) is 11.8 Å². The van der Waals surface area contributed by atoms with Crippen LogP contribution in [0.4, 0.5) is 5.69 Å². The van der Waals surface area contributed by atoms with E-state index < -0.39 is 0 Å². The maximum Gasteiger partial charge on any atom is 0.234 e. The van der Waals surface area contributed by atoms with Crippen molar-refractivity contribution in [3.63, 3.8) is 0 Å². The number of anilines is 1. The minimum absolute atomic E-state index is 0.145. The summed E-state index contributed by atoms with van der Waals surface area (Å²) in [4.78, 5) is 26.7. The molecular weight excluding hydrogens is 508 g/mol. The van der Waals surface area contributed by atoms with Crippen molar-refractivity contribution in [2.75, 3.05) is 11.1 Å². The highest BCUT2D eigenvalue weighted by atomic mass is 35.5. The molecule has 5 rings (SSSR count). The molecule has 3 heterocycles. The molecule has 2 aromatic carbocycles. The predicted molar refractivity (Wildman–Crippen MR) is 146 cm³/mol. The summed E-state index contributed by atoms with van der Waals surface area (Å²) in [5.74, 6) is 1.40. The Morgan fingerprint density at radius 3 is 2.68 bits per heavy atom. The molecule has 0 bridgehead atoms. The van der Waals surface area contributed by atoms with Crippen molar-refractivity contribution in [2.24, 2.45) is 0 Å². The lowest BCUT2D eigenvalue weighted by atomic mass is 9.99. The van der Waals surface area contributed by atoms with Crippen LogP contribution in [0.3, 0.4) is 0 Å². The number of hydrogen-bond acceptors (Lipinski definition) is 7. The first-order valence-corrected chi connectivity index (χ1v) is 13.1. The number of aromatic nitrogens is 3. The first-order chi connectivity index (χ1) is 17.8. The monoisotopic (exact) mass is 532 g/mol. The lowest BCUT2D eigenvalue weighted by molar-refractivity contribution is -0.113. The number of fused-ring (bicyclic) bond motifs is 2. The molecule has 0 fully saturated rings. The summed E-state index contributed by atoms with van der Waals surface area (Å²) in [6.07, 6.45) is 2.11. The Bertz CT molecular complexity index is 1530. The van der Waals surface area contributed by atoms with Gasteiger partial charge in [0.1, 0.15) is 5.03 Å². The van der Waals surface area contributed by atoms with Gasteiger partial charge in [0, 0.05) is 35.0 Å². The highest BCUT2D eigenvalue weighted by Gasteiger charge is 2.28. The van der Waals surface area contributed by atoms with E-state index in [4.69, 9.17) is 26.3 Å². The molecule has 0 saturated heterocycles. The van der Waals surface area contributed by atoms with Crippen molar-refractivity contribution in [1.29, 1.82) is 0 Å². The molecule has 0 atom stereocenters. The van der Waals surface area contributed by atoms with Crippen molar-refractivity contribution in [3.05, 3.63) is 87.2 Å². The number of aryl methyl sites for hydroxylation is 3. The number of rotatable bonds is 6. The zero-order valence-corrected chi connectivity index (χ0v) is 22.2. The molecule has 4 aromatic rings. The van der Waals surface area contributed by atoms with Crippen molar-refractivity contribution < 1.29 is 14.6 Å². The second kappa shape index (κ2) is 10.5. The van der Waals surface area contributed by atoms with Crippen LogP contribution in [-0.4, -0.2) is 31.7 Å². The first-order valence-electron chi connectivity index (χ1n) is 11.8. The third kappa shape index (κ3) is 5.18. The Hall–Kier alpha value is -3.46. The SMILES string of the molecule is Cc1ccc(NC(=O)CSc2nc(-c3ccccc3Cl)nc3c2Cc2c(CO)cnc(C)c2O3)cc1C. The van der Waals surface area contributed by atoms with E-state index in [1.165, 1.54) is 17.3 Å². The quantitative estimate of drug-likeness (QED) is 0.203. The van der Waals surface area contributed by atoms with Crippen LogP contribution in [0.5, 0.6) is 11.6 Å². The Labute approximate surface area is 224 Å². The summed E-state index contributed by atoms with van der Waals surface area (Å²) in [6.45, 7) is 5.74. The molecule has 1 aliphatic rings. The molecule has 2 aromatic heterocycles. The summed E-state index contributed by atoms with van der Waals surface area (Å²) < 4.78 is 6.24. The molecule has 0 saturated carbocycles. The average molecular weight is 533 g/mol. The summed E-state index contributed by atoms with van der Waals surface area (Å²) in [6, 6.07) is 13.2. The number of hydrogen-bond donors (Lipinski definition) is 2. The Morgan fingerprint density at radius 2 is 1.92 bits per heavy atom. The second-order valence-electron chi connectivity index (χ2n) is 8.87. The largest absolute Gasteiger partial charge is 0.436 e. The lowest BCUT2D eigenvalue weighted by Crippen LogP contribution is -2.16. The fourth-order valence-corrected chi connectivity index (χ4v) is 5.17. The molecule has 0 unspecified atom stereocenters. The summed E-state index contributed by atoms with van der Waals surface area (Å²) in [7, 11) is 0. The summed E-state index contributed by atoms with van der Waals surface area (Å²) in [5.41, 5.74) is 6.69. The van der Waals surface area contributed by atoms with Gasteiger partial charge in [-0.1, -0.05) is 41.6 Å².